The van der Waals surface area contributed by atoms with Gasteiger partial charge in [-0.1, -0.05) is 0 Å². The highest BCUT2D eigenvalue weighted by atomic mass is 16.4. The molecule has 0 spiro atoms. The van der Waals surface area contributed by atoms with Crippen molar-refractivity contribution in [3.05, 3.63) is 0 Å². The van der Waals surface area contributed by atoms with E-state index in [2.05, 4.69) is 10.3 Å². The van der Waals surface area contributed by atoms with Crippen molar-refractivity contribution in [3.63, 3.8) is 0 Å². The van der Waals surface area contributed by atoms with Gasteiger partial charge in [0.05, 0.1) is 25.3 Å². The van der Waals surface area contributed by atoms with Gasteiger partial charge in [-0.05, 0) is 12.8 Å². The molecule has 0 aromatic rings. The number of nitrogens with one attached hydrogen (secondary N) is 3. The lowest BCUT2D eigenvalue weighted by molar-refractivity contribution is -0.147. The summed E-state index contributed by atoms with van der Waals surface area (Å²) < 4.78 is 0. The lowest BCUT2D eigenvalue weighted by Gasteiger charge is -2.24. The number of amides is 3. The quantitative estimate of drug-likeness (QED) is 0.0490. The van der Waals surface area contributed by atoms with Gasteiger partial charge >= 0.3 is 23.9 Å². The average molecular weight is 519 g/mol. The zero-order valence-corrected chi connectivity index (χ0v) is 18.9. The molecule has 0 bridgehead atoms. The SMILES string of the molecule is NC(N)=NCCCC(NC(=O)C(CC(=O)O)NC(=O)C(N)CC(=O)O)C(=O)NC(CC(=O)O)C(=O)O. The normalized spacial score (nSPS) is 13.7. The van der Waals surface area contributed by atoms with Gasteiger partial charge in [0, 0.05) is 6.54 Å². The van der Waals surface area contributed by atoms with E-state index in [1.54, 1.807) is 0 Å². The molecule has 0 aromatic carbocycles. The van der Waals surface area contributed by atoms with Crippen LogP contribution >= 0.6 is 0 Å². The Bertz CT molecular complexity index is 889. The predicted molar refractivity (Wildman–Crippen MR) is 118 cm³/mol. The van der Waals surface area contributed by atoms with Crippen molar-refractivity contribution < 1.29 is 54.0 Å². The Balaban J connectivity index is 5.69. The third-order valence-corrected chi connectivity index (χ3v) is 4.31. The zero-order valence-electron chi connectivity index (χ0n) is 18.9. The van der Waals surface area contributed by atoms with Gasteiger partial charge in [-0.2, -0.15) is 0 Å². The van der Waals surface area contributed by atoms with Gasteiger partial charge in [0.1, 0.15) is 18.1 Å². The lowest BCUT2D eigenvalue weighted by atomic mass is 10.1. The van der Waals surface area contributed by atoms with Crippen LogP contribution in [-0.4, -0.2) is 98.7 Å². The third-order valence-electron chi connectivity index (χ3n) is 4.31. The van der Waals surface area contributed by atoms with E-state index in [-0.39, 0.29) is 25.3 Å². The van der Waals surface area contributed by atoms with Gasteiger partial charge in [0.25, 0.3) is 0 Å². The molecule has 0 saturated heterocycles. The minimum atomic E-state index is -1.85. The maximum Gasteiger partial charge on any atom is 0.326 e. The summed E-state index contributed by atoms with van der Waals surface area (Å²) in [5, 5.41) is 41.8. The minimum Gasteiger partial charge on any atom is -0.481 e. The second kappa shape index (κ2) is 15.4. The average Bonchev–Trinajstić information content (AvgIpc) is 2.73. The molecule has 4 unspecified atom stereocenters. The third kappa shape index (κ3) is 13.3. The predicted octanol–water partition coefficient (Wildman–Crippen LogP) is -4.67. The summed E-state index contributed by atoms with van der Waals surface area (Å²) in [6.07, 6.45) is -2.92. The van der Waals surface area contributed by atoms with Gasteiger partial charge in [0.15, 0.2) is 5.96 Å². The van der Waals surface area contributed by atoms with Crippen molar-refractivity contribution in [3.8, 4) is 0 Å². The smallest absolute Gasteiger partial charge is 0.326 e. The van der Waals surface area contributed by atoms with Crippen LogP contribution in [0.3, 0.4) is 0 Å². The van der Waals surface area contributed by atoms with Crippen LogP contribution in [0.15, 0.2) is 4.99 Å². The maximum atomic E-state index is 12.7. The van der Waals surface area contributed by atoms with Crippen LogP contribution in [0.25, 0.3) is 0 Å². The minimum absolute atomic E-state index is 0.0151. The van der Waals surface area contributed by atoms with Crippen molar-refractivity contribution in [1.29, 1.82) is 0 Å². The zero-order chi connectivity index (χ0) is 28.0. The summed E-state index contributed by atoms with van der Waals surface area (Å²) in [5.41, 5.74) is 15.8. The second-order valence-corrected chi connectivity index (χ2v) is 7.37. The van der Waals surface area contributed by atoms with Crippen molar-refractivity contribution in [2.24, 2.45) is 22.2 Å². The number of carbonyl (C=O) groups is 7. The molecule has 18 heteroatoms. The van der Waals surface area contributed by atoms with Gasteiger partial charge in [0.2, 0.25) is 17.7 Å². The van der Waals surface area contributed by atoms with E-state index in [1.807, 2.05) is 10.6 Å². The molecule has 0 aromatic heterocycles. The van der Waals surface area contributed by atoms with Crippen LogP contribution in [0.4, 0.5) is 0 Å². The fraction of sp³-hybridized carbons (Fsp3) is 0.556. The van der Waals surface area contributed by atoms with E-state index in [9.17, 15) is 33.6 Å². The van der Waals surface area contributed by atoms with E-state index in [0.717, 1.165) is 0 Å². The Hall–Kier alpha value is -4.48. The highest BCUT2D eigenvalue weighted by Gasteiger charge is 2.32. The lowest BCUT2D eigenvalue weighted by Crippen LogP contribution is -2.57. The molecule has 36 heavy (non-hydrogen) atoms. The number of aliphatic imine (C=N–C) groups is 1. The molecule has 0 radical (unpaired) electrons. The molecule has 3 amide bonds. The Kier molecular flexibility index (Phi) is 13.5. The molecular weight excluding hydrogens is 490 g/mol. The van der Waals surface area contributed by atoms with Crippen LogP contribution in [-0.2, 0) is 33.6 Å². The molecule has 4 atom stereocenters. The number of rotatable bonds is 17. The number of hydrogen-bond donors (Lipinski definition) is 10. The first kappa shape index (κ1) is 31.5. The number of carboxylic acid groups (broad SMARTS) is 4. The highest BCUT2D eigenvalue weighted by molar-refractivity contribution is 5.96. The summed E-state index contributed by atoms with van der Waals surface area (Å²) in [5.74, 6) is -9.90. The molecular formula is C18H29N7O11. The Labute approximate surface area is 203 Å². The Morgan fingerprint density at radius 2 is 1.11 bits per heavy atom. The first-order valence-corrected chi connectivity index (χ1v) is 10.2. The molecule has 0 heterocycles. The number of hydrogen-bond acceptors (Lipinski definition) is 9. The summed E-state index contributed by atoms with van der Waals surface area (Å²) in [6.45, 7) is -0.0151. The number of nitrogens with two attached hydrogens (primary N) is 3. The number of carboxylic acids is 4. The molecule has 0 aliphatic rings. The van der Waals surface area contributed by atoms with Crippen LogP contribution in [0.2, 0.25) is 0 Å². The first-order chi connectivity index (χ1) is 16.6. The van der Waals surface area contributed by atoms with Gasteiger partial charge in [-0.3, -0.25) is 33.8 Å². The fourth-order valence-electron chi connectivity index (χ4n) is 2.64. The van der Waals surface area contributed by atoms with E-state index < -0.39 is 85.0 Å². The van der Waals surface area contributed by atoms with Crippen molar-refractivity contribution >= 4 is 47.6 Å². The molecule has 0 fully saturated rings. The Morgan fingerprint density at radius 3 is 1.58 bits per heavy atom. The van der Waals surface area contributed by atoms with E-state index in [1.165, 1.54) is 0 Å². The monoisotopic (exact) mass is 519 g/mol. The number of aliphatic carboxylic acids is 4. The second-order valence-electron chi connectivity index (χ2n) is 7.37. The summed E-state index contributed by atoms with van der Waals surface area (Å²) in [7, 11) is 0. The van der Waals surface area contributed by atoms with Crippen LogP contribution in [0.1, 0.15) is 32.1 Å². The van der Waals surface area contributed by atoms with E-state index in [0.29, 0.717) is 0 Å². The summed E-state index contributed by atoms with van der Waals surface area (Å²) in [6, 6.07) is -6.78. The Morgan fingerprint density at radius 1 is 0.667 bits per heavy atom. The topological polar surface area (TPSA) is 327 Å². The van der Waals surface area contributed by atoms with Crippen LogP contribution in [0.5, 0.6) is 0 Å². The van der Waals surface area contributed by atoms with Gasteiger partial charge in [-0.25, -0.2) is 4.79 Å². The summed E-state index contributed by atoms with van der Waals surface area (Å²) in [4.78, 5) is 85.1. The van der Waals surface area contributed by atoms with Gasteiger partial charge < -0.3 is 53.6 Å². The van der Waals surface area contributed by atoms with E-state index in [4.69, 9.17) is 37.6 Å². The van der Waals surface area contributed by atoms with Crippen molar-refractivity contribution in [2.45, 2.75) is 56.3 Å². The molecule has 0 aliphatic carbocycles. The van der Waals surface area contributed by atoms with Gasteiger partial charge in [-0.15, -0.1) is 0 Å². The van der Waals surface area contributed by atoms with Crippen molar-refractivity contribution in [2.75, 3.05) is 6.54 Å². The van der Waals surface area contributed by atoms with Crippen LogP contribution < -0.4 is 33.2 Å². The van der Waals surface area contributed by atoms with Crippen LogP contribution in [0, 0.1) is 0 Å². The number of nitrogens with zero attached hydrogens (tertiary/aromatic N) is 1. The molecule has 18 nitrogen and oxygen atoms in total. The maximum absolute atomic E-state index is 12.7. The number of guanidine groups is 1. The largest absolute Gasteiger partial charge is 0.481 e. The van der Waals surface area contributed by atoms with Crippen molar-refractivity contribution in [1.82, 2.24) is 16.0 Å². The standard InChI is InChI=1S/C18H29N7O11/c19-7(4-11(26)27)14(32)24-9(5-12(28)29)16(34)23-8(2-1-3-22-18(20)21)15(33)25-10(17(35)36)6-13(30)31/h7-10H,1-6,19H2,(H,23,34)(H,24,32)(H,25,33)(H,26,27)(H,28,29)(H,30,31)(H,35,36)(H4,20,21,22). The molecule has 202 valence electrons. The summed E-state index contributed by atoms with van der Waals surface area (Å²) >= 11 is 0. The number of carbonyl (C=O) groups excluding carboxylic acids is 3. The first-order valence-electron chi connectivity index (χ1n) is 10.2. The molecule has 0 rings (SSSR count). The fourth-order valence-corrected chi connectivity index (χ4v) is 2.64. The molecule has 13 N–H and O–H groups in total. The molecule has 0 aliphatic heterocycles. The highest BCUT2D eigenvalue weighted by Crippen LogP contribution is 2.04. The molecule has 0 saturated carbocycles. The van der Waals surface area contributed by atoms with E-state index >= 15 is 0 Å².